The minimum atomic E-state index is 0.257. The number of hydrogen-bond acceptors (Lipinski definition) is 4. The second-order valence-corrected chi connectivity index (χ2v) is 5.54. The molecule has 0 aromatic carbocycles. The lowest BCUT2D eigenvalue weighted by atomic mass is 10.2. The van der Waals surface area contributed by atoms with E-state index in [0.29, 0.717) is 32.3 Å². The van der Waals surface area contributed by atoms with Crippen LogP contribution in [0, 0.1) is 0 Å². The molecule has 0 radical (unpaired) electrons. The van der Waals surface area contributed by atoms with E-state index in [1.807, 2.05) is 4.90 Å². The maximum atomic E-state index is 12.3. The van der Waals surface area contributed by atoms with Gasteiger partial charge in [-0.3, -0.25) is 9.69 Å². The average molecular weight is 269 g/mol. The second-order valence-electron chi connectivity index (χ2n) is 5.54. The minimum Gasteiger partial charge on any atom is -0.378 e. The van der Waals surface area contributed by atoms with Gasteiger partial charge in [0.25, 0.3) is 0 Å². The quantitative estimate of drug-likeness (QED) is 0.760. The maximum Gasteiger partial charge on any atom is 0.236 e. The highest BCUT2D eigenvalue weighted by molar-refractivity contribution is 5.78. The van der Waals surface area contributed by atoms with Crippen LogP contribution >= 0.6 is 0 Å². The van der Waals surface area contributed by atoms with Gasteiger partial charge in [0, 0.05) is 25.7 Å². The summed E-state index contributed by atoms with van der Waals surface area (Å²) in [5, 5.41) is 0. The largest absolute Gasteiger partial charge is 0.378 e. The van der Waals surface area contributed by atoms with E-state index in [-0.39, 0.29) is 5.91 Å². The molecule has 0 spiro atoms. The second kappa shape index (κ2) is 7.82. The first-order valence-corrected chi connectivity index (χ1v) is 7.61. The Morgan fingerprint density at radius 2 is 1.95 bits per heavy atom. The molecule has 0 unspecified atom stereocenters. The molecule has 1 saturated carbocycles. The molecule has 1 saturated heterocycles. The molecule has 1 amide bonds. The third-order valence-corrected chi connectivity index (χ3v) is 4.19. The molecule has 0 atom stereocenters. The monoisotopic (exact) mass is 269 g/mol. The van der Waals surface area contributed by atoms with Crippen molar-refractivity contribution in [1.82, 2.24) is 9.80 Å². The number of hydrogen-bond donors (Lipinski definition) is 1. The first kappa shape index (κ1) is 14.8. The van der Waals surface area contributed by atoms with E-state index in [0.717, 1.165) is 26.1 Å². The van der Waals surface area contributed by atoms with Crippen molar-refractivity contribution in [2.45, 2.75) is 38.1 Å². The molecule has 5 nitrogen and oxygen atoms in total. The van der Waals surface area contributed by atoms with Crippen LogP contribution in [-0.4, -0.2) is 67.7 Å². The van der Waals surface area contributed by atoms with Crippen molar-refractivity contribution >= 4 is 5.91 Å². The zero-order chi connectivity index (χ0) is 13.5. The molecule has 2 rings (SSSR count). The number of carbonyl (C=O) groups is 1. The highest BCUT2D eigenvalue weighted by Gasteiger charge is 2.26. The topological polar surface area (TPSA) is 58.8 Å². The van der Waals surface area contributed by atoms with Crippen molar-refractivity contribution in [3.63, 3.8) is 0 Å². The number of rotatable bonds is 6. The predicted molar refractivity (Wildman–Crippen MR) is 74.9 cm³/mol. The van der Waals surface area contributed by atoms with Gasteiger partial charge in [0.1, 0.15) is 0 Å². The third kappa shape index (κ3) is 4.44. The first-order valence-electron chi connectivity index (χ1n) is 7.61. The molecule has 2 aliphatic rings. The summed E-state index contributed by atoms with van der Waals surface area (Å²) in [6.07, 6.45) is 6.06. The van der Waals surface area contributed by atoms with Crippen molar-refractivity contribution in [3.05, 3.63) is 0 Å². The highest BCUT2D eigenvalue weighted by atomic mass is 16.5. The van der Waals surface area contributed by atoms with Crippen LogP contribution in [0.5, 0.6) is 0 Å². The molecule has 0 bridgehead atoms. The third-order valence-electron chi connectivity index (χ3n) is 4.19. The number of nitrogens with two attached hydrogens (primary N) is 1. The molecule has 19 heavy (non-hydrogen) atoms. The van der Waals surface area contributed by atoms with Crippen LogP contribution in [0.1, 0.15) is 32.1 Å². The molecule has 0 aromatic rings. The van der Waals surface area contributed by atoms with Crippen LogP contribution in [0.25, 0.3) is 0 Å². The summed E-state index contributed by atoms with van der Waals surface area (Å²) < 4.78 is 5.30. The van der Waals surface area contributed by atoms with Crippen LogP contribution in [0.3, 0.4) is 0 Å². The highest BCUT2D eigenvalue weighted by Crippen LogP contribution is 2.23. The Morgan fingerprint density at radius 3 is 2.58 bits per heavy atom. The van der Waals surface area contributed by atoms with Gasteiger partial charge in [0.15, 0.2) is 0 Å². The van der Waals surface area contributed by atoms with Crippen LogP contribution < -0.4 is 5.73 Å². The Hall–Kier alpha value is -0.650. The Balaban J connectivity index is 1.84. The van der Waals surface area contributed by atoms with Crippen LogP contribution in [0.2, 0.25) is 0 Å². The van der Waals surface area contributed by atoms with E-state index >= 15 is 0 Å². The van der Waals surface area contributed by atoms with Gasteiger partial charge in [-0.05, 0) is 25.8 Å². The van der Waals surface area contributed by atoms with Gasteiger partial charge in [-0.25, -0.2) is 0 Å². The van der Waals surface area contributed by atoms with E-state index in [2.05, 4.69) is 4.90 Å². The zero-order valence-corrected chi connectivity index (χ0v) is 11.9. The lowest BCUT2D eigenvalue weighted by Gasteiger charge is -2.32. The Kier molecular flexibility index (Phi) is 6.07. The summed E-state index contributed by atoms with van der Waals surface area (Å²) in [5.41, 5.74) is 5.61. The number of ether oxygens (including phenoxy) is 1. The fraction of sp³-hybridized carbons (Fsp3) is 0.929. The fourth-order valence-electron chi connectivity index (χ4n) is 3.04. The van der Waals surface area contributed by atoms with Crippen molar-refractivity contribution < 1.29 is 9.53 Å². The first-order chi connectivity index (χ1) is 9.31. The molecule has 0 aromatic heterocycles. The Bertz CT molecular complexity index is 274. The van der Waals surface area contributed by atoms with Crippen LogP contribution in [-0.2, 0) is 9.53 Å². The molecule has 110 valence electrons. The van der Waals surface area contributed by atoms with Crippen molar-refractivity contribution in [2.24, 2.45) is 5.73 Å². The smallest absolute Gasteiger partial charge is 0.236 e. The van der Waals surface area contributed by atoms with Gasteiger partial charge in [-0.1, -0.05) is 12.8 Å². The summed E-state index contributed by atoms with van der Waals surface area (Å²) in [4.78, 5) is 16.6. The lowest BCUT2D eigenvalue weighted by Crippen LogP contribution is -2.48. The summed E-state index contributed by atoms with van der Waals surface area (Å²) in [6.45, 7) is 5.06. The lowest BCUT2D eigenvalue weighted by molar-refractivity contribution is -0.137. The summed E-state index contributed by atoms with van der Waals surface area (Å²) in [6, 6.07) is 0.594. The molecule has 5 heteroatoms. The van der Waals surface area contributed by atoms with Gasteiger partial charge in [-0.15, -0.1) is 0 Å². The maximum absolute atomic E-state index is 12.3. The van der Waals surface area contributed by atoms with Crippen LogP contribution in [0.4, 0.5) is 0 Å². The van der Waals surface area contributed by atoms with Crippen molar-refractivity contribution in [2.75, 3.05) is 45.9 Å². The van der Waals surface area contributed by atoms with E-state index in [4.69, 9.17) is 10.5 Å². The number of carbonyl (C=O) groups excluding carboxylic acids is 1. The van der Waals surface area contributed by atoms with Gasteiger partial charge >= 0.3 is 0 Å². The predicted octanol–water partition coefficient (Wildman–Crippen LogP) is 0.439. The van der Waals surface area contributed by atoms with Gasteiger partial charge in [0.2, 0.25) is 5.91 Å². The molecular formula is C14H27N3O2. The molecule has 1 heterocycles. The van der Waals surface area contributed by atoms with Gasteiger partial charge < -0.3 is 15.4 Å². The van der Waals surface area contributed by atoms with Crippen LogP contribution in [0.15, 0.2) is 0 Å². The zero-order valence-electron chi connectivity index (χ0n) is 11.9. The Labute approximate surface area is 116 Å². The molecule has 1 aliphatic carbocycles. The van der Waals surface area contributed by atoms with Crippen molar-refractivity contribution in [1.29, 1.82) is 0 Å². The summed E-state index contributed by atoms with van der Waals surface area (Å²) in [7, 11) is 0. The molecule has 2 fully saturated rings. The summed E-state index contributed by atoms with van der Waals surface area (Å²) in [5.74, 6) is 0.257. The fourth-order valence-corrected chi connectivity index (χ4v) is 3.04. The number of amides is 1. The van der Waals surface area contributed by atoms with E-state index in [9.17, 15) is 4.79 Å². The molecule has 2 N–H and O–H groups in total. The number of morpholine rings is 1. The average Bonchev–Trinajstić information content (AvgIpc) is 2.98. The normalized spacial score (nSPS) is 21.3. The van der Waals surface area contributed by atoms with E-state index in [1.54, 1.807) is 0 Å². The van der Waals surface area contributed by atoms with Crippen molar-refractivity contribution in [3.8, 4) is 0 Å². The molecular weight excluding hydrogens is 242 g/mol. The minimum absolute atomic E-state index is 0.257. The molecule has 1 aliphatic heterocycles. The number of nitrogens with zero attached hydrogens (tertiary/aromatic N) is 2. The van der Waals surface area contributed by atoms with E-state index < -0.39 is 0 Å². The Morgan fingerprint density at radius 1 is 1.26 bits per heavy atom. The van der Waals surface area contributed by atoms with Gasteiger partial charge in [0.05, 0.1) is 19.8 Å². The SMILES string of the molecule is NCCCN(CC(=O)N1CCOCC1)C1CCCC1. The van der Waals surface area contributed by atoms with Gasteiger partial charge in [-0.2, -0.15) is 0 Å². The summed E-state index contributed by atoms with van der Waals surface area (Å²) >= 11 is 0. The van der Waals surface area contributed by atoms with E-state index in [1.165, 1.54) is 25.7 Å². The standard InChI is InChI=1S/C14H27N3O2/c15-6-3-7-17(13-4-1-2-5-13)12-14(18)16-8-10-19-11-9-16/h13H,1-12,15H2.